The Morgan fingerprint density at radius 1 is 1.22 bits per heavy atom. The van der Waals surface area contributed by atoms with Crippen molar-refractivity contribution in [3.8, 4) is 5.75 Å². The molecule has 1 aromatic carbocycles. The van der Waals surface area contributed by atoms with Crippen molar-refractivity contribution in [2.24, 2.45) is 7.05 Å². The van der Waals surface area contributed by atoms with Crippen LogP contribution in [0.2, 0.25) is 0 Å². The molecule has 23 heavy (non-hydrogen) atoms. The zero-order valence-corrected chi connectivity index (χ0v) is 13.5. The molecule has 0 saturated heterocycles. The second-order valence-corrected chi connectivity index (χ2v) is 6.70. The molecule has 7 nitrogen and oxygen atoms in total. The molecular weight excluding hydrogens is 316 g/mol. The fourth-order valence-corrected chi connectivity index (χ4v) is 3.21. The Hall–Kier alpha value is -2.45. The summed E-state index contributed by atoms with van der Waals surface area (Å²) >= 11 is 0. The molecule has 3 aromatic rings. The lowest BCUT2D eigenvalue weighted by atomic mass is 10.3. The van der Waals surface area contributed by atoms with Gasteiger partial charge in [0.2, 0.25) is 10.0 Å². The Kier molecular flexibility index (Phi) is 4.01. The summed E-state index contributed by atoms with van der Waals surface area (Å²) in [4.78, 5) is 8.80. The van der Waals surface area contributed by atoms with Crippen LogP contribution in [-0.2, 0) is 23.6 Å². The lowest BCUT2D eigenvalue weighted by Crippen LogP contribution is -2.24. The Morgan fingerprint density at radius 3 is 2.61 bits per heavy atom. The Balaban J connectivity index is 1.81. The zero-order valence-electron chi connectivity index (χ0n) is 12.7. The van der Waals surface area contributed by atoms with Crippen LogP contribution >= 0.6 is 0 Å². The molecule has 0 spiro atoms. The third-order valence-electron chi connectivity index (χ3n) is 3.51. The van der Waals surface area contributed by atoms with Crippen molar-refractivity contribution in [1.29, 1.82) is 0 Å². The van der Waals surface area contributed by atoms with Crippen molar-refractivity contribution in [3.63, 3.8) is 0 Å². The molecule has 0 radical (unpaired) electrons. The van der Waals surface area contributed by atoms with E-state index < -0.39 is 10.0 Å². The predicted molar refractivity (Wildman–Crippen MR) is 85.5 cm³/mol. The monoisotopic (exact) mass is 332 g/mol. The van der Waals surface area contributed by atoms with E-state index in [2.05, 4.69) is 14.7 Å². The molecule has 0 aliphatic rings. The summed E-state index contributed by atoms with van der Waals surface area (Å²) in [7, 11) is -0.283. The highest BCUT2D eigenvalue weighted by atomic mass is 32.2. The lowest BCUT2D eigenvalue weighted by Gasteiger charge is -2.07. The SMILES string of the molecule is COc1ccc(S(=O)(=O)NCc2nc3cccnc3n2C)cc1. The van der Waals surface area contributed by atoms with E-state index in [9.17, 15) is 8.42 Å². The molecule has 1 N–H and O–H groups in total. The standard InChI is InChI=1S/C15H16N4O3S/c1-19-14(18-13-4-3-9-16-15(13)19)10-17-23(20,21)12-7-5-11(22-2)6-8-12/h3-9,17H,10H2,1-2H3. The average molecular weight is 332 g/mol. The minimum absolute atomic E-state index is 0.0845. The Labute approximate surface area is 134 Å². The first-order valence-corrected chi connectivity index (χ1v) is 8.39. The topological polar surface area (TPSA) is 86.1 Å². The summed E-state index contributed by atoms with van der Waals surface area (Å²) < 4.78 is 34.0. The van der Waals surface area contributed by atoms with Crippen LogP contribution in [0.25, 0.3) is 11.2 Å². The van der Waals surface area contributed by atoms with Gasteiger partial charge in [0.05, 0.1) is 18.6 Å². The van der Waals surface area contributed by atoms with Crippen LogP contribution in [-0.4, -0.2) is 30.1 Å². The first-order chi connectivity index (χ1) is 11.0. The molecule has 0 bridgehead atoms. The molecule has 2 aromatic heterocycles. The highest BCUT2D eigenvalue weighted by molar-refractivity contribution is 7.89. The highest BCUT2D eigenvalue weighted by Crippen LogP contribution is 2.16. The molecule has 8 heteroatoms. The fraction of sp³-hybridized carbons (Fsp3) is 0.200. The van der Waals surface area contributed by atoms with E-state index in [0.717, 1.165) is 5.52 Å². The number of sulfonamides is 1. The summed E-state index contributed by atoms with van der Waals surface area (Å²) in [5, 5.41) is 0. The van der Waals surface area contributed by atoms with Gasteiger partial charge in [-0.2, -0.15) is 0 Å². The molecule has 3 rings (SSSR count). The van der Waals surface area contributed by atoms with E-state index in [1.165, 1.54) is 19.2 Å². The quantitative estimate of drug-likeness (QED) is 0.764. The zero-order chi connectivity index (χ0) is 16.4. The van der Waals surface area contributed by atoms with Crippen LogP contribution in [0.1, 0.15) is 5.82 Å². The Morgan fingerprint density at radius 2 is 1.96 bits per heavy atom. The largest absolute Gasteiger partial charge is 0.497 e. The number of rotatable bonds is 5. The number of benzene rings is 1. The maximum absolute atomic E-state index is 12.3. The molecule has 0 amide bonds. The van der Waals surface area contributed by atoms with E-state index in [1.807, 2.05) is 6.07 Å². The molecule has 0 fully saturated rings. The van der Waals surface area contributed by atoms with E-state index in [4.69, 9.17) is 4.74 Å². The first kappa shape index (κ1) is 15.4. The summed E-state index contributed by atoms with van der Waals surface area (Å²) in [6.07, 6.45) is 1.68. The van der Waals surface area contributed by atoms with Crippen molar-refractivity contribution in [1.82, 2.24) is 19.3 Å². The van der Waals surface area contributed by atoms with Gasteiger partial charge in [-0.3, -0.25) is 0 Å². The van der Waals surface area contributed by atoms with Gasteiger partial charge >= 0.3 is 0 Å². The number of hydrogen-bond donors (Lipinski definition) is 1. The molecule has 2 heterocycles. The van der Waals surface area contributed by atoms with Gasteiger partial charge in [0.15, 0.2) is 5.65 Å². The molecule has 120 valence electrons. The smallest absolute Gasteiger partial charge is 0.240 e. The molecular formula is C15H16N4O3S. The number of ether oxygens (including phenoxy) is 1. The third-order valence-corrected chi connectivity index (χ3v) is 4.93. The Bertz CT molecular complexity index is 933. The van der Waals surface area contributed by atoms with Gasteiger partial charge in [-0.05, 0) is 36.4 Å². The summed E-state index contributed by atoms with van der Waals surface area (Å²) in [6.45, 7) is 0.0845. The van der Waals surface area contributed by atoms with Crippen LogP contribution in [0.4, 0.5) is 0 Å². The number of aromatic nitrogens is 3. The fourth-order valence-electron chi connectivity index (χ4n) is 2.23. The van der Waals surface area contributed by atoms with Gasteiger partial charge in [-0.15, -0.1) is 0 Å². The van der Waals surface area contributed by atoms with Crippen LogP contribution < -0.4 is 9.46 Å². The van der Waals surface area contributed by atoms with Crippen molar-refractivity contribution in [2.75, 3.05) is 7.11 Å². The minimum Gasteiger partial charge on any atom is -0.497 e. The van der Waals surface area contributed by atoms with Crippen molar-refractivity contribution in [2.45, 2.75) is 11.4 Å². The van der Waals surface area contributed by atoms with Gasteiger partial charge in [0.25, 0.3) is 0 Å². The summed E-state index contributed by atoms with van der Waals surface area (Å²) in [6, 6.07) is 9.83. The predicted octanol–water partition coefficient (Wildman–Crippen LogP) is 1.46. The van der Waals surface area contributed by atoms with Crippen LogP contribution in [0.15, 0.2) is 47.5 Å². The number of hydrogen-bond acceptors (Lipinski definition) is 5. The second kappa shape index (κ2) is 5.98. The third kappa shape index (κ3) is 3.03. The molecule has 0 unspecified atom stereocenters. The number of aryl methyl sites for hydroxylation is 1. The van der Waals surface area contributed by atoms with Crippen LogP contribution in [0, 0.1) is 0 Å². The number of pyridine rings is 1. The maximum Gasteiger partial charge on any atom is 0.240 e. The van der Waals surface area contributed by atoms with Gasteiger partial charge in [0, 0.05) is 13.2 Å². The number of nitrogens with zero attached hydrogens (tertiary/aromatic N) is 3. The second-order valence-electron chi connectivity index (χ2n) is 4.93. The van der Waals surface area contributed by atoms with Crippen molar-refractivity contribution >= 4 is 21.2 Å². The molecule has 0 atom stereocenters. The normalized spacial score (nSPS) is 11.7. The van der Waals surface area contributed by atoms with Crippen molar-refractivity contribution in [3.05, 3.63) is 48.4 Å². The first-order valence-electron chi connectivity index (χ1n) is 6.91. The number of imidazole rings is 1. The summed E-state index contributed by atoms with van der Waals surface area (Å²) in [5.41, 5.74) is 1.44. The van der Waals surface area contributed by atoms with E-state index in [0.29, 0.717) is 17.2 Å². The average Bonchev–Trinajstić information content (AvgIpc) is 2.90. The highest BCUT2D eigenvalue weighted by Gasteiger charge is 2.16. The van der Waals surface area contributed by atoms with Gasteiger partial charge in [-0.1, -0.05) is 0 Å². The van der Waals surface area contributed by atoms with E-state index >= 15 is 0 Å². The number of nitrogens with one attached hydrogen (secondary N) is 1. The maximum atomic E-state index is 12.3. The van der Waals surface area contributed by atoms with E-state index in [1.54, 1.807) is 36.0 Å². The minimum atomic E-state index is -3.62. The molecule has 0 saturated carbocycles. The van der Waals surface area contributed by atoms with E-state index in [-0.39, 0.29) is 11.4 Å². The van der Waals surface area contributed by atoms with Crippen molar-refractivity contribution < 1.29 is 13.2 Å². The van der Waals surface area contributed by atoms with Crippen LogP contribution in [0.3, 0.4) is 0 Å². The van der Waals surface area contributed by atoms with Gasteiger partial charge < -0.3 is 9.30 Å². The van der Waals surface area contributed by atoms with Gasteiger partial charge in [0.1, 0.15) is 17.1 Å². The van der Waals surface area contributed by atoms with Crippen LogP contribution in [0.5, 0.6) is 5.75 Å². The number of methoxy groups -OCH3 is 1. The summed E-state index contributed by atoms with van der Waals surface area (Å²) in [5.74, 6) is 1.20. The molecule has 0 aliphatic carbocycles. The van der Waals surface area contributed by atoms with Gasteiger partial charge in [-0.25, -0.2) is 23.1 Å². The lowest BCUT2D eigenvalue weighted by molar-refractivity contribution is 0.414. The molecule has 0 aliphatic heterocycles. The number of fused-ring (bicyclic) bond motifs is 1.